The van der Waals surface area contributed by atoms with Gasteiger partial charge in [0.1, 0.15) is 5.75 Å². The first-order chi connectivity index (χ1) is 10.7. The molecule has 1 aliphatic carbocycles. The SMILES string of the molecule is COc1ccc2nc(-c3c(C4CC4)[nH][nH]c3=O)cc(Cl)c2c1. The van der Waals surface area contributed by atoms with E-state index in [9.17, 15) is 4.79 Å². The Bertz CT molecular complexity index is 925. The molecule has 0 aliphatic heterocycles. The highest BCUT2D eigenvalue weighted by molar-refractivity contribution is 6.35. The van der Waals surface area contributed by atoms with Gasteiger partial charge in [-0.15, -0.1) is 0 Å². The highest BCUT2D eigenvalue weighted by atomic mass is 35.5. The van der Waals surface area contributed by atoms with E-state index >= 15 is 0 Å². The largest absolute Gasteiger partial charge is 0.497 e. The first-order valence-corrected chi connectivity index (χ1v) is 7.50. The zero-order chi connectivity index (χ0) is 15.3. The minimum absolute atomic E-state index is 0.154. The predicted molar refractivity (Wildman–Crippen MR) is 85.7 cm³/mol. The summed E-state index contributed by atoms with van der Waals surface area (Å²) < 4.78 is 5.21. The number of halogens is 1. The summed E-state index contributed by atoms with van der Waals surface area (Å²) in [6.45, 7) is 0. The number of nitrogens with one attached hydrogen (secondary N) is 2. The zero-order valence-electron chi connectivity index (χ0n) is 11.9. The van der Waals surface area contributed by atoms with Gasteiger partial charge in [-0.3, -0.25) is 9.89 Å². The summed E-state index contributed by atoms with van der Waals surface area (Å²) in [7, 11) is 1.61. The van der Waals surface area contributed by atoms with Crippen molar-refractivity contribution in [2.45, 2.75) is 18.8 Å². The van der Waals surface area contributed by atoms with Crippen molar-refractivity contribution >= 4 is 22.5 Å². The molecule has 2 N–H and O–H groups in total. The van der Waals surface area contributed by atoms with E-state index in [0.29, 0.717) is 22.2 Å². The molecule has 0 amide bonds. The fourth-order valence-corrected chi connectivity index (χ4v) is 2.98. The molecule has 22 heavy (non-hydrogen) atoms. The Morgan fingerprint density at radius 1 is 1.27 bits per heavy atom. The summed E-state index contributed by atoms with van der Waals surface area (Å²) in [5.41, 5.74) is 2.72. The van der Waals surface area contributed by atoms with Crippen molar-refractivity contribution in [1.29, 1.82) is 0 Å². The third-order valence-corrected chi connectivity index (χ3v) is 4.33. The molecule has 2 heterocycles. The summed E-state index contributed by atoms with van der Waals surface area (Å²) >= 11 is 6.39. The minimum atomic E-state index is -0.154. The lowest BCUT2D eigenvalue weighted by atomic mass is 10.1. The second kappa shape index (κ2) is 4.88. The molecule has 2 aromatic heterocycles. The highest BCUT2D eigenvalue weighted by Crippen LogP contribution is 2.42. The third-order valence-electron chi connectivity index (χ3n) is 4.01. The molecule has 0 atom stereocenters. The van der Waals surface area contributed by atoms with Gasteiger partial charge < -0.3 is 9.84 Å². The van der Waals surface area contributed by atoms with E-state index in [4.69, 9.17) is 16.3 Å². The van der Waals surface area contributed by atoms with Gasteiger partial charge >= 0.3 is 0 Å². The van der Waals surface area contributed by atoms with E-state index in [2.05, 4.69) is 15.2 Å². The van der Waals surface area contributed by atoms with E-state index < -0.39 is 0 Å². The number of pyridine rings is 1. The third kappa shape index (κ3) is 2.09. The number of aromatic nitrogens is 3. The van der Waals surface area contributed by atoms with Crippen LogP contribution < -0.4 is 10.3 Å². The van der Waals surface area contributed by atoms with Crippen LogP contribution in [0.1, 0.15) is 24.5 Å². The molecule has 6 heteroatoms. The first-order valence-electron chi connectivity index (χ1n) is 7.12. The number of fused-ring (bicyclic) bond motifs is 1. The second-order valence-electron chi connectivity index (χ2n) is 5.51. The van der Waals surface area contributed by atoms with Crippen LogP contribution in [0.5, 0.6) is 5.75 Å². The van der Waals surface area contributed by atoms with Crippen LogP contribution in [-0.4, -0.2) is 22.3 Å². The molecule has 1 aromatic carbocycles. The van der Waals surface area contributed by atoms with Gasteiger partial charge in [-0.2, -0.15) is 0 Å². The predicted octanol–water partition coefficient (Wildman–Crippen LogP) is 3.46. The Morgan fingerprint density at radius 2 is 2.09 bits per heavy atom. The van der Waals surface area contributed by atoms with E-state index in [1.165, 1.54) is 0 Å². The summed E-state index contributed by atoms with van der Waals surface area (Å²) in [6, 6.07) is 7.27. The van der Waals surface area contributed by atoms with Crippen LogP contribution in [0.15, 0.2) is 29.1 Å². The molecule has 1 aliphatic rings. The van der Waals surface area contributed by atoms with E-state index in [1.807, 2.05) is 18.2 Å². The van der Waals surface area contributed by atoms with Gasteiger partial charge in [-0.05, 0) is 37.1 Å². The van der Waals surface area contributed by atoms with Gasteiger partial charge in [0.05, 0.1) is 28.9 Å². The molecule has 1 saturated carbocycles. The van der Waals surface area contributed by atoms with Crippen LogP contribution in [0, 0.1) is 0 Å². The molecule has 112 valence electrons. The standard InChI is InChI=1S/C16H14ClN3O2/c1-22-9-4-5-12-10(6-9)11(17)7-13(18-12)14-15(8-2-3-8)19-20-16(14)21/h4-8H,2-3H2,1H3,(H2,19,20,21). The summed E-state index contributed by atoms with van der Waals surface area (Å²) in [6.07, 6.45) is 2.19. The van der Waals surface area contributed by atoms with Crippen molar-refractivity contribution in [3.63, 3.8) is 0 Å². The van der Waals surface area contributed by atoms with Crippen LogP contribution in [0.4, 0.5) is 0 Å². The molecule has 0 bridgehead atoms. The molecule has 0 radical (unpaired) electrons. The van der Waals surface area contributed by atoms with E-state index in [-0.39, 0.29) is 5.56 Å². The molecular weight excluding hydrogens is 302 g/mol. The highest BCUT2D eigenvalue weighted by Gasteiger charge is 2.30. The quantitative estimate of drug-likeness (QED) is 0.777. The number of ether oxygens (including phenoxy) is 1. The Hall–Kier alpha value is -2.27. The number of rotatable bonds is 3. The summed E-state index contributed by atoms with van der Waals surface area (Å²) in [5.74, 6) is 1.14. The number of hydrogen-bond donors (Lipinski definition) is 2. The second-order valence-corrected chi connectivity index (χ2v) is 5.92. The van der Waals surface area contributed by atoms with E-state index in [1.54, 1.807) is 13.2 Å². The molecule has 3 aromatic rings. The fourth-order valence-electron chi connectivity index (χ4n) is 2.72. The Labute approximate surface area is 131 Å². The van der Waals surface area contributed by atoms with E-state index in [0.717, 1.165) is 35.2 Å². The topological polar surface area (TPSA) is 70.8 Å². The molecule has 1 fully saturated rings. The van der Waals surface area contributed by atoms with Gasteiger partial charge in [0.25, 0.3) is 5.56 Å². The lowest BCUT2D eigenvalue weighted by Gasteiger charge is -2.07. The number of hydrogen-bond acceptors (Lipinski definition) is 3. The fraction of sp³-hybridized carbons (Fsp3) is 0.250. The lowest BCUT2D eigenvalue weighted by molar-refractivity contribution is 0.415. The number of aromatic amines is 2. The Kier molecular flexibility index (Phi) is 2.97. The Morgan fingerprint density at radius 3 is 2.82 bits per heavy atom. The molecule has 0 spiro atoms. The molecule has 5 nitrogen and oxygen atoms in total. The van der Waals surface area contributed by atoms with Crippen LogP contribution in [-0.2, 0) is 0 Å². The lowest BCUT2D eigenvalue weighted by Crippen LogP contribution is -2.04. The molecule has 0 saturated heterocycles. The average Bonchev–Trinajstić information content (AvgIpc) is 3.29. The summed E-state index contributed by atoms with van der Waals surface area (Å²) in [5, 5.41) is 7.01. The number of benzene rings is 1. The van der Waals surface area contributed by atoms with Gasteiger partial charge in [-0.1, -0.05) is 11.6 Å². The van der Waals surface area contributed by atoms with Crippen LogP contribution in [0.3, 0.4) is 0 Å². The van der Waals surface area contributed by atoms with Gasteiger partial charge in [0.2, 0.25) is 0 Å². The minimum Gasteiger partial charge on any atom is -0.497 e. The number of methoxy groups -OCH3 is 1. The Balaban J connectivity index is 1.93. The van der Waals surface area contributed by atoms with Crippen molar-refractivity contribution in [3.8, 4) is 17.0 Å². The van der Waals surface area contributed by atoms with Gasteiger partial charge in [0.15, 0.2) is 0 Å². The van der Waals surface area contributed by atoms with Gasteiger partial charge in [0, 0.05) is 17.0 Å². The normalized spacial score (nSPS) is 14.5. The number of H-pyrrole nitrogens is 2. The van der Waals surface area contributed by atoms with Crippen LogP contribution >= 0.6 is 11.6 Å². The maximum atomic E-state index is 12.1. The smallest absolute Gasteiger partial charge is 0.273 e. The average molecular weight is 316 g/mol. The monoisotopic (exact) mass is 315 g/mol. The maximum absolute atomic E-state index is 12.1. The van der Waals surface area contributed by atoms with Crippen molar-refractivity contribution in [1.82, 2.24) is 15.2 Å². The van der Waals surface area contributed by atoms with Crippen molar-refractivity contribution < 1.29 is 4.74 Å². The molecular formula is C16H14ClN3O2. The maximum Gasteiger partial charge on any atom is 0.273 e. The first kappa shape index (κ1) is 13.4. The van der Waals surface area contributed by atoms with Crippen LogP contribution in [0.2, 0.25) is 5.02 Å². The molecule has 4 rings (SSSR count). The van der Waals surface area contributed by atoms with Crippen molar-refractivity contribution in [2.75, 3.05) is 7.11 Å². The zero-order valence-corrected chi connectivity index (χ0v) is 12.7. The van der Waals surface area contributed by atoms with Crippen LogP contribution in [0.25, 0.3) is 22.2 Å². The molecule has 0 unspecified atom stereocenters. The van der Waals surface area contributed by atoms with Crippen molar-refractivity contribution in [3.05, 3.63) is 45.3 Å². The summed E-state index contributed by atoms with van der Waals surface area (Å²) in [4.78, 5) is 16.7. The van der Waals surface area contributed by atoms with Crippen molar-refractivity contribution in [2.24, 2.45) is 0 Å². The number of nitrogens with zero attached hydrogens (tertiary/aromatic N) is 1. The van der Waals surface area contributed by atoms with Gasteiger partial charge in [-0.25, -0.2) is 4.98 Å².